The Bertz CT molecular complexity index is 1740. The standard InChI is InChI=1S/C24H23F3N8O3S/c1-12-18(19(14-4-5-14)32-11-31-12)20-30-10-17-22(34-20)35(13(2)24(25,26)27)23(36)21(33-17)29-8-15-6-7-16(9-28-15)39(3,37)38/h6-7,9-11,13-14H,4-5,8H2,1-3H3,(H,29,33). The molecule has 1 aliphatic carbocycles. The first kappa shape index (κ1) is 26.6. The molecule has 204 valence electrons. The van der Waals surface area contributed by atoms with Crippen LogP contribution in [0.2, 0.25) is 0 Å². The van der Waals surface area contributed by atoms with E-state index in [9.17, 15) is 26.4 Å². The number of sulfone groups is 1. The highest BCUT2D eigenvalue weighted by Crippen LogP contribution is 2.43. The summed E-state index contributed by atoms with van der Waals surface area (Å²) < 4.78 is 65.5. The molecule has 4 aromatic heterocycles. The number of aromatic nitrogens is 7. The molecule has 1 N–H and O–H groups in total. The SMILES string of the molecule is Cc1ncnc(C2CC2)c1-c1ncc2nc(NCc3ccc(S(C)(=O)=O)cn3)c(=O)n(C(C)C(F)(F)F)c2n1. The Kier molecular flexibility index (Phi) is 6.56. The predicted octanol–water partition coefficient (Wildman–Crippen LogP) is 3.36. The molecule has 0 saturated heterocycles. The van der Waals surface area contributed by atoms with Crippen LogP contribution in [0.4, 0.5) is 19.0 Å². The quantitative estimate of drug-likeness (QED) is 0.357. The Morgan fingerprint density at radius 3 is 2.46 bits per heavy atom. The summed E-state index contributed by atoms with van der Waals surface area (Å²) in [6, 6.07) is 0.554. The summed E-state index contributed by atoms with van der Waals surface area (Å²) in [5, 5.41) is 2.71. The fraction of sp³-hybridized carbons (Fsp3) is 0.375. The third kappa shape index (κ3) is 5.30. The zero-order valence-electron chi connectivity index (χ0n) is 21.1. The van der Waals surface area contributed by atoms with Gasteiger partial charge in [-0.2, -0.15) is 13.2 Å². The monoisotopic (exact) mass is 560 g/mol. The van der Waals surface area contributed by atoms with Crippen molar-refractivity contribution in [1.82, 2.24) is 34.5 Å². The Balaban J connectivity index is 1.59. The lowest BCUT2D eigenvalue weighted by Gasteiger charge is -2.21. The van der Waals surface area contributed by atoms with E-state index in [4.69, 9.17) is 0 Å². The van der Waals surface area contributed by atoms with Gasteiger partial charge in [-0.25, -0.2) is 33.3 Å². The van der Waals surface area contributed by atoms with Gasteiger partial charge in [0.05, 0.1) is 40.3 Å². The van der Waals surface area contributed by atoms with Crippen molar-refractivity contribution in [2.24, 2.45) is 0 Å². The molecule has 4 aromatic rings. The van der Waals surface area contributed by atoms with E-state index in [0.717, 1.165) is 37.9 Å². The molecule has 1 aliphatic rings. The summed E-state index contributed by atoms with van der Waals surface area (Å²) in [6.07, 6.45) is 1.99. The summed E-state index contributed by atoms with van der Waals surface area (Å²) in [5.74, 6) is -0.0494. The van der Waals surface area contributed by atoms with Gasteiger partial charge >= 0.3 is 6.18 Å². The highest BCUT2D eigenvalue weighted by Gasteiger charge is 2.40. The van der Waals surface area contributed by atoms with Crippen LogP contribution in [0.25, 0.3) is 22.6 Å². The van der Waals surface area contributed by atoms with Gasteiger partial charge in [0.2, 0.25) is 0 Å². The first-order valence-electron chi connectivity index (χ1n) is 11.9. The van der Waals surface area contributed by atoms with Gasteiger partial charge < -0.3 is 5.32 Å². The van der Waals surface area contributed by atoms with Crippen LogP contribution < -0.4 is 10.9 Å². The van der Waals surface area contributed by atoms with Crippen LogP contribution in [0.1, 0.15) is 48.8 Å². The molecule has 1 saturated carbocycles. The van der Waals surface area contributed by atoms with Gasteiger partial charge in [-0.1, -0.05) is 0 Å². The number of anilines is 1. The van der Waals surface area contributed by atoms with Crippen LogP contribution in [0, 0.1) is 6.92 Å². The molecule has 4 heterocycles. The van der Waals surface area contributed by atoms with E-state index in [2.05, 4.69) is 35.2 Å². The van der Waals surface area contributed by atoms with Gasteiger partial charge in [0.15, 0.2) is 27.1 Å². The Hall–Kier alpha value is -4.01. The number of hydrogen-bond acceptors (Lipinski definition) is 10. The third-order valence-corrected chi connectivity index (χ3v) is 7.51. The molecule has 39 heavy (non-hydrogen) atoms. The molecule has 0 radical (unpaired) electrons. The van der Waals surface area contributed by atoms with E-state index >= 15 is 0 Å². The number of nitrogens with one attached hydrogen (secondary N) is 1. The van der Waals surface area contributed by atoms with Crippen molar-refractivity contribution < 1.29 is 21.6 Å². The first-order chi connectivity index (χ1) is 18.3. The zero-order valence-corrected chi connectivity index (χ0v) is 21.9. The van der Waals surface area contributed by atoms with Gasteiger partial charge in [0.25, 0.3) is 5.56 Å². The number of pyridine rings is 1. The second-order valence-corrected chi connectivity index (χ2v) is 11.4. The summed E-state index contributed by atoms with van der Waals surface area (Å²) in [4.78, 5) is 38.9. The molecule has 15 heteroatoms. The first-order valence-corrected chi connectivity index (χ1v) is 13.8. The predicted molar refractivity (Wildman–Crippen MR) is 135 cm³/mol. The van der Waals surface area contributed by atoms with E-state index in [0.29, 0.717) is 21.5 Å². The van der Waals surface area contributed by atoms with Crippen LogP contribution in [0.3, 0.4) is 0 Å². The number of rotatable bonds is 7. The van der Waals surface area contributed by atoms with Crippen LogP contribution in [0.5, 0.6) is 0 Å². The normalized spacial score (nSPS) is 14.9. The van der Waals surface area contributed by atoms with Crippen molar-refractivity contribution in [3.05, 3.63) is 58.3 Å². The highest BCUT2D eigenvalue weighted by atomic mass is 32.2. The van der Waals surface area contributed by atoms with E-state index in [1.165, 1.54) is 24.7 Å². The van der Waals surface area contributed by atoms with E-state index in [-0.39, 0.29) is 40.2 Å². The van der Waals surface area contributed by atoms with Crippen LogP contribution >= 0.6 is 0 Å². The lowest BCUT2D eigenvalue weighted by molar-refractivity contribution is -0.162. The smallest absolute Gasteiger partial charge is 0.360 e. The maximum Gasteiger partial charge on any atom is 0.409 e. The number of hydrogen-bond donors (Lipinski definition) is 1. The summed E-state index contributed by atoms with van der Waals surface area (Å²) in [5.41, 5.74) is 0.836. The fourth-order valence-electron chi connectivity index (χ4n) is 4.09. The Morgan fingerprint density at radius 1 is 1.10 bits per heavy atom. The molecule has 1 unspecified atom stereocenters. The average Bonchev–Trinajstić information content (AvgIpc) is 3.71. The maximum absolute atomic E-state index is 13.9. The van der Waals surface area contributed by atoms with Crippen LogP contribution in [-0.4, -0.2) is 55.3 Å². The van der Waals surface area contributed by atoms with Crippen molar-refractivity contribution in [2.75, 3.05) is 11.6 Å². The minimum absolute atomic E-state index is 0.00767. The lowest BCUT2D eigenvalue weighted by atomic mass is 10.1. The van der Waals surface area contributed by atoms with Crippen molar-refractivity contribution in [3.8, 4) is 11.4 Å². The second-order valence-electron chi connectivity index (χ2n) is 9.36. The minimum Gasteiger partial charge on any atom is -0.360 e. The van der Waals surface area contributed by atoms with Crippen molar-refractivity contribution in [2.45, 2.75) is 56.3 Å². The van der Waals surface area contributed by atoms with Gasteiger partial charge in [0.1, 0.15) is 17.9 Å². The fourth-order valence-corrected chi connectivity index (χ4v) is 4.65. The molecular weight excluding hydrogens is 537 g/mol. The molecule has 0 aliphatic heterocycles. The molecule has 1 atom stereocenters. The zero-order chi connectivity index (χ0) is 28.1. The van der Waals surface area contributed by atoms with E-state index in [1.807, 2.05) is 0 Å². The number of halogens is 3. The number of fused-ring (bicyclic) bond motifs is 1. The second kappa shape index (κ2) is 9.63. The molecule has 5 rings (SSSR count). The summed E-state index contributed by atoms with van der Waals surface area (Å²) in [7, 11) is -3.45. The molecule has 11 nitrogen and oxygen atoms in total. The summed E-state index contributed by atoms with van der Waals surface area (Å²) >= 11 is 0. The van der Waals surface area contributed by atoms with Gasteiger partial charge in [-0.05, 0) is 38.8 Å². The van der Waals surface area contributed by atoms with Crippen molar-refractivity contribution in [1.29, 1.82) is 0 Å². The van der Waals surface area contributed by atoms with Gasteiger partial charge in [-0.3, -0.25) is 14.3 Å². The highest BCUT2D eigenvalue weighted by molar-refractivity contribution is 7.90. The van der Waals surface area contributed by atoms with Crippen molar-refractivity contribution >= 4 is 26.8 Å². The Morgan fingerprint density at radius 2 is 1.85 bits per heavy atom. The van der Waals surface area contributed by atoms with Gasteiger partial charge in [0, 0.05) is 18.4 Å². The van der Waals surface area contributed by atoms with Crippen LogP contribution in [0.15, 0.2) is 40.5 Å². The number of aryl methyl sites for hydroxylation is 1. The number of nitrogens with zero attached hydrogens (tertiary/aromatic N) is 7. The maximum atomic E-state index is 13.9. The molecule has 1 fully saturated rings. The minimum atomic E-state index is -4.76. The van der Waals surface area contributed by atoms with E-state index < -0.39 is 27.6 Å². The topological polar surface area (TPSA) is 146 Å². The Labute approximate surface area is 220 Å². The molecule has 0 aromatic carbocycles. The largest absolute Gasteiger partial charge is 0.409 e. The third-order valence-electron chi connectivity index (χ3n) is 6.41. The molecule has 0 amide bonds. The van der Waals surface area contributed by atoms with Crippen molar-refractivity contribution in [3.63, 3.8) is 0 Å². The van der Waals surface area contributed by atoms with Crippen LogP contribution in [-0.2, 0) is 16.4 Å². The molecule has 0 spiro atoms. The molecule has 0 bridgehead atoms. The van der Waals surface area contributed by atoms with E-state index in [1.54, 1.807) is 6.92 Å². The lowest BCUT2D eigenvalue weighted by Crippen LogP contribution is -2.35. The summed E-state index contributed by atoms with van der Waals surface area (Å²) in [6.45, 7) is 2.51. The number of alkyl halides is 3. The van der Waals surface area contributed by atoms with Gasteiger partial charge in [-0.15, -0.1) is 0 Å². The average molecular weight is 561 g/mol. The molecular formula is C24H23F3N8O3S.